The Morgan fingerprint density at radius 3 is 2.38 bits per heavy atom. The van der Waals surface area contributed by atoms with Crippen LogP contribution in [0.15, 0.2) is 40.9 Å². The summed E-state index contributed by atoms with van der Waals surface area (Å²) >= 11 is 5.28. The van der Waals surface area contributed by atoms with E-state index in [1.165, 1.54) is 9.75 Å². The maximum absolute atomic E-state index is 3.49. The number of thiophene rings is 1. The van der Waals surface area contributed by atoms with Crippen molar-refractivity contribution in [2.75, 3.05) is 5.32 Å². The van der Waals surface area contributed by atoms with Gasteiger partial charge in [0, 0.05) is 19.9 Å². The predicted molar refractivity (Wildman–Crippen MR) is 75.2 cm³/mol. The van der Waals surface area contributed by atoms with Gasteiger partial charge in [-0.3, -0.25) is 0 Å². The number of nitrogens with one attached hydrogen (secondary N) is 1. The van der Waals surface area contributed by atoms with Crippen molar-refractivity contribution in [2.24, 2.45) is 0 Å². The predicted octanol–water partition coefficient (Wildman–Crippen LogP) is 4.99. The van der Waals surface area contributed by atoms with Crippen molar-refractivity contribution in [1.82, 2.24) is 0 Å². The van der Waals surface area contributed by atoms with Crippen molar-refractivity contribution >= 4 is 33.0 Å². The molecular weight excluding hydrogens is 282 g/mol. The largest absolute Gasteiger partial charge is 0.378 e. The summed E-state index contributed by atoms with van der Waals surface area (Å²) in [7, 11) is 0. The summed E-state index contributed by atoms with van der Waals surface area (Å²) in [4.78, 5) is 2.74. The first-order chi connectivity index (χ1) is 7.65. The molecule has 3 heteroatoms. The van der Waals surface area contributed by atoms with Gasteiger partial charge in [0.2, 0.25) is 0 Å². The molecule has 2 rings (SSSR count). The van der Waals surface area contributed by atoms with Gasteiger partial charge in [-0.2, -0.15) is 0 Å². The Balaban J connectivity index is 2.07. The summed E-state index contributed by atoms with van der Waals surface area (Å²) in [6, 6.07) is 13.0. The molecule has 0 bridgehead atoms. The van der Waals surface area contributed by atoms with E-state index < -0.39 is 0 Å². The van der Waals surface area contributed by atoms with Crippen LogP contribution in [0.25, 0.3) is 0 Å². The fraction of sp³-hybridized carbons (Fsp3) is 0.231. The van der Waals surface area contributed by atoms with Crippen molar-refractivity contribution in [3.8, 4) is 0 Å². The second-order valence-electron chi connectivity index (χ2n) is 3.82. The van der Waals surface area contributed by atoms with Crippen LogP contribution in [0.3, 0.4) is 0 Å². The molecule has 1 heterocycles. The minimum atomic E-state index is 0.361. The van der Waals surface area contributed by atoms with Crippen LogP contribution in [0.5, 0.6) is 0 Å². The molecule has 2 aromatic rings. The molecule has 0 spiro atoms. The molecule has 1 aromatic heterocycles. The Hall–Kier alpha value is -0.800. The smallest absolute Gasteiger partial charge is 0.0578 e. The number of anilines is 1. The van der Waals surface area contributed by atoms with Crippen LogP contribution in [0, 0.1) is 6.92 Å². The lowest BCUT2D eigenvalue weighted by atomic mass is 10.2. The average molecular weight is 296 g/mol. The van der Waals surface area contributed by atoms with Gasteiger partial charge >= 0.3 is 0 Å². The van der Waals surface area contributed by atoms with E-state index in [0.717, 1.165) is 10.2 Å². The highest BCUT2D eigenvalue weighted by atomic mass is 79.9. The average Bonchev–Trinajstić information content (AvgIpc) is 2.68. The standard InChI is InChI=1S/C13H14BrNS/c1-9-3-8-13(16-9)10(2)15-12-6-4-11(14)5-7-12/h3-8,10,15H,1-2H3. The van der Waals surface area contributed by atoms with Gasteiger partial charge < -0.3 is 5.32 Å². The molecule has 1 aromatic carbocycles. The van der Waals surface area contributed by atoms with Gasteiger partial charge in [-0.05, 0) is 50.2 Å². The van der Waals surface area contributed by atoms with Crippen LogP contribution in [0.4, 0.5) is 5.69 Å². The molecule has 0 saturated carbocycles. The minimum Gasteiger partial charge on any atom is -0.378 e. The second-order valence-corrected chi connectivity index (χ2v) is 6.06. The zero-order valence-corrected chi connectivity index (χ0v) is 11.7. The lowest BCUT2D eigenvalue weighted by Gasteiger charge is -2.13. The maximum Gasteiger partial charge on any atom is 0.0578 e. The minimum absolute atomic E-state index is 0.361. The maximum atomic E-state index is 3.49. The van der Waals surface area contributed by atoms with E-state index in [9.17, 15) is 0 Å². The SMILES string of the molecule is Cc1ccc(C(C)Nc2ccc(Br)cc2)s1. The molecule has 0 aliphatic heterocycles. The molecule has 1 atom stereocenters. The monoisotopic (exact) mass is 295 g/mol. The number of halogens is 1. The number of rotatable bonds is 3. The summed E-state index contributed by atoms with van der Waals surface area (Å²) < 4.78 is 1.11. The van der Waals surface area contributed by atoms with Crippen LogP contribution in [0.2, 0.25) is 0 Å². The van der Waals surface area contributed by atoms with Gasteiger partial charge in [-0.25, -0.2) is 0 Å². The zero-order valence-electron chi connectivity index (χ0n) is 9.33. The van der Waals surface area contributed by atoms with Gasteiger partial charge in [0.25, 0.3) is 0 Å². The molecule has 0 saturated heterocycles. The molecule has 0 amide bonds. The summed E-state index contributed by atoms with van der Waals surface area (Å²) in [5.74, 6) is 0. The topological polar surface area (TPSA) is 12.0 Å². The van der Waals surface area contributed by atoms with E-state index in [1.54, 1.807) is 0 Å². The van der Waals surface area contributed by atoms with Crippen LogP contribution < -0.4 is 5.32 Å². The summed E-state index contributed by atoms with van der Waals surface area (Å²) in [6.07, 6.45) is 0. The molecule has 84 valence electrons. The van der Waals surface area contributed by atoms with E-state index >= 15 is 0 Å². The first-order valence-corrected chi connectivity index (χ1v) is 6.84. The number of hydrogen-bond donors (Lipinski definition) is 1. The first kappa shape index (κ1) is 11.7. The highest BCUT2D eigenvalue weighted by Crippen LogP contribution is 2.26. The summed E-state index contributed by atoms with van der Waals surface area (Å²) in [6.45, 7) is 4.33. The molecule has 16 heavy (non-hydrogen) atoms. The van der Waals surface area contributed by atoms with Crippen molar-refractivity contribution in [3.63, 3.8) is 0 Å². The Kier molecular flexibility index (Phi) is 3.66. The van der Waals surface area contributed by atoms with E-state index in [1.807, 2.05) is 11.3 Å². The Labute approximate surface area is 109 Å². The molecule has 1 nitrogen and oxygen atoms in total. The Bertz CT molecular complexity index is 461. The van der Waals surface area contributed by atoms with Crippen molar-refractivity contribution in [1.29, 1.82) is 0 Å². The molecule has 0 radical (unpaired) electrons. The number of benzene rings is 1. The first-order valence-electron chi connectivity index (χ1n) is 5.23. The number of aryl methyl sites for hydroxylation is 1. The van der Waals surface area contributed by atoms with Gasteiger partial charge in [-0.1, -0.05) is 15.9 Å². The van der Waals surface area contributed by atoms with Gasteiger partial charge in [-0.15, -0.1) is 11.3 Å². The fourth-order valence-electron chi connectivity index (χ4n) is 1.55. The molecule has 1 unspecified atom stereocenters. The van der Waals surface area contributed by atoms with E-state index in [2.05, 4.69) is 71.5 Å². The number of hydrogen-bond acceptors (Lipinski definition) is 2. The summed E-state index contributed by atoms with van der Waals surface area (Å²) in [5.41, 5.74) is 1.15. The lowest BCUT2D eigenvalue weighted by Crippen LogP contribution is -2.04. The molecule has 0 aliphatic rings. The van der Waals surface area contributed by atoms with Gasteiger partial charge in [0.1, 0.15) is 0 Å². The molecule has 1 N–H and O–H groups in total. The molecule has 0 fully saturated rings. The van der Waals surface area contributed by atoms with E-state index in [0.29, 0.717) is 6.04 Å². The van der Waals surface area contributed by atoms with Crippen molar-refractivity contribution in [3.05, 3.63) is 50.6 Å². The zero-order chi connectivity index (χ0) is 11.5. The molecule has 0 aliphatic carbocycles. The van der Waals surface area contributed by atoms with Crippen LogP contribution in [-0.2, 0) is 0 Å². The Morgan fingerprint density at radius 2 is 1.81 bits per heavy atom. The third-order valence-electron chi connectivity index (χ3n) is 2.42. The summed E-state index contributed by atoms with van der Waals surface area (Å²) in [5, 5.41) is 3.49. The quantitative estimate of drug-likeness (QED) is 0.841. The fourth-order valence-corrected chi connectivity index (χ4v) is 2.70. The highest BCUT2D eigenvalue weighted by molar-refractivity contribution is 9.10. The van der Waals surface area contributed by atoms with Gasteiger partial charge in [0.15, 0.2) is 0 Å². The highest BCUT2D eigenvalue weighted by Gasteiger charge is 2.06. The van der Waals surface area contributed by atoms with E-state index in [4.69, 9.17) is 0 Å². The van der Waals surface area contributed by atoms with E-state index in [-0.39, 0.29) is 0 Å². The molecular formula is C13H14BrNS. The third-order valence-corrected chi connectivity index (χ3v) is 4.13. The second kappa shape index (κ2) is 5.02. The van der Waals surface area contributed by atoms with Crippen molar-refractivity contribution in [2.45, 2.75) is 19.9 Å². The van der Waals surface area contributed by atoms with Crippen LogP contribution in [-0.4, -0.2) is 0 Å². The van der Waals surface area contributed by atoms with Gasteiger partial charge in [0.05, 0.1) is 6.04 Å². The van der Waals surface area contributed by atoms with Crippen molar-refractivity contribution < 1.29 is 0 Å². The normalized spacial score (nSPS) is 12.4. The lowest BCUT2D eigenvalue weighted by molar-refractivity contribution is 0.908. The Morgan fingerprint density at radius 1 is 1.12 bits per heavy atom. The van der Waals surface area contributed by atoms with Crippen LogP contribution in [0.1, 0.15) is 22.7 Å². The third kappa shape index (κ3) is 2.86. The van der Waals surface area contributed by atoms with Crippen LogP contribution >= 0.6 is 27.3 Å².